The predicted molar refractivity (Wildman–Crippen MR) is 67.3 cm³/mol. The van der Waals surface area contributed by atoms with Gasteiger partial charge >= 0.3 is 5.97 Å². The molecular formula is C15H15NO3. The fraction of sp³-hybridized carbons (Fsp3) is 0.467. The van der Waals surface area contributed by atoms with Crippen molar-refractivity contribution >= 4 is 11.9 Å². The summed E-state index contributed by atoms with van der Waals surface area (Å²) in [6.45, 7) is 0. The fourth-order valence-electron chi connectivity index (χ4n) is 3.99. The number of carbonyl (C=O) groups is 2. The summed E-state index contributed by atoms with van der Waals surface area (Å²) in [4.78, 5) is 23.7. The molecule has 0 aromatic heterocycles. The summed E-state index contributed by atoms with van der Waals surface area (Å²) in [5, 5.41) is 2.95. The Labute approximate surface area is 111 Å². The van der Waals surface area contributed by atoms with E-state index in [4.69, 9.17) is 4.74 Å². The molecule has 4 nitrogen and oxygen atoms in total. The van der Waals surface area contributed by atoms with Crippen LogP contribution in [-0.2, 0) is 9.53 Å². The number of hydrogen-bond acceptors (Lipinski definition) is 3. The lowest BCUT2D eigenvalue weighted by molar-refractivity contribution is -0.137. The molecule has 2 bridgehead atoms. The minimum absolute atomic E-state index is 0.0818. The van der Waals surface area contributed by atoms with Crippen LogP contribution in [0.1, 0.15) is 23.2 Å². The molecule has 1 heterocycles. The van der Waals surface area contributed by atoms with E-state index in [-0.39, 0.29) is 35.9 Å². The monoisotopic (exact) mass is 257 g/mol. The van der Waals surface area contributed by atoms with Gasteiger partial charge in [-0.25, -0.2) is 4.79 Å². The summed E-state index contributed by atoms with van der Waals surface area (Å²) in [5.74, 6) is 0.512. The molecule has 2 saturated carbocycles. The number of rotatable bonds is 2. The van der Waals surface area contributed by atoms with Crippen molar-refractivity contribution in [1.29, 1.82) is 0 Å². The zero-order valence-electron chi connectivity index (χ0n) is 10.4. The highest BCUT2D eigenvalue weighted by Crippen LogP contribution is 2.53. The average molecular weight is 257 g/mol. The lowest BCUT2D eigenvalue weighted by Gasteiger charge is -2.38. The van der Waals surface area contributed by atoms with Crippen LogP contribution in [0.5, 0.6) is 0 Å². The first-order valence-electron chi connectivity index (χ1n) is 6.82. The maximum absolute atomic E-state index is 12.1. The number of nitrogens with one attached hydrogen (secondary N) is 1. The first-order valence-corrected chi connectivity index (χ1v) is 6.82. The normalized spacial score (nSPS) is 38.3. The summed E-state index contributed by atoms with van der Waals surface area (Å²) in [6, 6.07) is 9.30. The van der Waals surface area contributed by atoms with Gasteiger partial charge in [0.05, 0.1) is 11.5 Å². The van der Waals surface area contributed by atoms with E-state index in [1.165, 1.54) is 0 Å². The Hall–Kier alpha value is -1.84. The predicted octanol–water partition coefficient (Wildman–Crippen LogP) is 1.37. The molecule has 2 aliphatic carbocycles. The Morgan fingerprint density at radius 1 is 1.16 bits per heavy atom. The van der Waals surface area contributed by atoms with Crippen molar-refractivity contribution in [3.05, 3.63) is 35.9 Å². The third-order valence-electron chi connectivity index (χ3n) is 4.85. The molecule has 3 aliphatic rings. The van der Waals surface area contributed by atoms with Gasteiger partial charge in [0.25, 0.3) is 0 Å². The molecule has 1 N–H and O–H groups in total. The molecule has 1 aromatic rings. The third kappa shape index (κ3) is 1.46. The van der Waals surface area contributed by atoms with Crippen LogP contribution in [0.4, 0.5) is 0 Å². The van der Waals surface area contributed by atoms with Crippen LogP contribution in [0, 0.1) is 17.8 Å². The molecule has 5 unspecified atom stereocenters. The van der Waals surface area contributed by atoms with Crippen LogP contribution >= 0.6 is 0 Å². The van der Waals surface area contributed by atoms with E-state index < -0.39 is 0 Å². The molecule has 0 spiro atoms. The highest BCUT2D eigenvalue weighted by atomic mass is 16.5. The molecule has 3 fully saturated rings. The minimum atomic E-state index is -0.267. The first-order chi connectivity index (χ1) is 9.25. The summed E-state index contributed by atoms with van der Waals surface area (Å²) >= 11 is 0. The van der Waals surface area contributed by atoms with E-state index in [1.54, 1.807) is 12.1 Å². The van der Waals surface area contributed by atoms with Gasteiger partial charge in [0.2, 0.25) is 5.91 Å². The number of ether oxygens (including phenoxy) is 1. The lowest BCUT2D eigenvalue weighted by Crippen LogP contribution is -2.60. The Kier molecular flexibility index (Phi) is 2.22. The summed E-state index contributed by atoms with van der Waals surface area (Å²) in [6.07, 6.45) is 1.98. The number of hydrogen-bond donors (Lipinski definition) is 1. The maximum atomic E-state index is 12.1. The van der Waals surface area contributed by atoms with E-state index in [0.29, 0.717) is 11.5 Å². The van der Waals surface area contributed by atoms with Gasteiger partial charge in [-0.3, -0.25) is 4.79 Å². The van der Waals surface area contributed by atoms with E-state index in [9.17, 15) is 9.59 Å². The Morgan fingerprint density at radius 2 is 1.89 bits per heavy atom. The molecule has 4 heteroatoms. The SMILES string of the molecule is O=C(OC1C2CCC1C1C(=O)NC21)c1ccccc1. The Morgan fingerprint density at radius 3 is 2.58 bits per heavy atom. The molecule has 1 aliphatic heterocycles. The topological polar surface area (TPSA) is 55.4 Å². The zero-order valence-corrected chi connectivity index (χ0v) is 10.4. The molecule has 4 rings (SSSR count). The minimum Gasteiger partial charge on any atom is -0.458 e. The fourth-order valence-corrected chi connectivity index (χ4v) is 3.99. The van der Waals surface area contributed by atoms with E-state index in [2.05, 4.69) is 5.32 Å². The molecule has 1 saturated heterocycles. The van der Waals surface area contributed by atoms with Crippen molar-refractivity contribution in [1.82, 2.24) is 5.32 Å². The average Bonchev–Trinajstić information content (AvgIpc) is 2.90. The van der Waals surface area contributed by atoms with Gasteiger partial charge in [-0.1, -0.05) is 18.2 Å². The molecule has 5 atom stereocenters. The van der Waals surface area contributed by atoms with Gasteiger partial charge in [-0.2, -0.15) is 0 Å². The van der Waals surface area contributed by atoms with Gasteiger partial charge in [0.15, 0.2) is 0 Å². The highest BCUT2D eigenvalue weighted by molar-refractivity contribution is 5.90. The van der Waals surface area contributed by atoms with Crippen LogP contribution < -0.4 is 5.32 Å². The van der Waals surface area contributed by atoms with Crippen molar-refractivity contribution in [3.8, 4) is 0 Å². The summed E-state index contributed by atoms with van der Waals surface area (Å²) in [7, 11) is 0. The van der Waals surface area contributed by atoms with Gasteiger partial charge < -0.3 is 10.1 Å². The number of fused-ring (bicyclic) bond motifs is 5. The van der Waals surface area contributed by atoms with Crippen molar-refractivity contribution in [2.24, 2.45) is 17.8 Å². The van der Waals surface area contributed by atoms with Crippen molar-refractivity contribution < 1.29 is 14.3 Å². The van der Waals surface area contributed by atoms with Crippen molar-refractivity contribution in [2.75, 3.05) is 0 Å². The van der Waals surface area contributed by atoms with Gasteiger partial charge in [-0.15, -0.1) is 0 Å². The smallest absolute Gasteiger partial charge is 0.338 e. The first kappa shape index (κ1) is 11.0. The zero-order chi connectivity index (χ0) is 13.0. The Balaban J connectivity index is 1.53. The summed E-state index contributed by atoms with van der Waals surface area (Å²) in [5.41, 5.74) is 0.584. The van der Waals surface area contributed by atoms with Gasteiger partial charge in [0.1, 0.15) is 6.10 Å². The lowest BCUT2D eigenvalue weighted by atomic mass is 9.78. The number of amides is 1. The number of carbonyl (C=O) groups excluding carboxylic acids is 2. The number of benzene rings is 1. The van der Waals surface area contributed by atoms with Crippen LogP contribution in [0.3, 0.4) is 0 Å². The van der Waals surface area contributed by atoms with E-state index in [1.807, 2.05) is 18.2 Å². The standard InChI is InChI=1S/C15H15NO3/c17-14-11-9-6-7-10(12(11)16-14)13(9)19-15(18)8-4-2-1-3-5-8/h1-5,9-13H,6-7H2,(H,16,17). The second kappa shape index (κ2) is 3.83. The molecule has 19 heavy (non-hydrogen) atoms. The second-order valence-corrected chi connectivity index (χ2v) is 5.70. The molecule has 0 radical (unpaired) electrons. The third-order valence-corrected chi connectivity index (χ3v) is 4.85. The second-order valence-electron chi connectivity index (χ2n) is 5.70. The van der Waals surface area contributed by atoms with Crippen molar-refractivity contribution in [2.45, 2.75) is 25.0 Å². The Bertz CT molecular complexity index is 542. The quantitative estimate of drug-likeness (QED) is 0.643. The molecule has 1 amide bonds. The van der Waals surface area contributed by atoms with Crippen molar-refractivity contribution in [3.63, 3.8) is 0 Å². The number of esters is 1. The van der Waals surface area contributed by atoms with Crippen LogP contribution in [0.25, 0.3) is 0 Å². The highest BCUT2D eigenvalue weighted by Gasteiger charge is 2.64. The van der Waals surface area contributed by atoms with E-state index >= 15 is 0 Å². The van der Waals surface area contributed by atoms with Gasteiger partial charge in [0, 0.05) is 17.9 Å². The number of β-lactam (4-membered cyclic amide) rings is 1. The van der Waals surface area contributed by atoms with Crippen LogP contribution in [-0.4, -0.2) is 24.0 Å². The summed E-state index contributed by atoms with van der Waals surface area (Å²) < 4.78 is 5.68. The molecule has 1 aromatic carbocycles. The largest absolute Gasteiger partial charge is 0.458 e. The maximum Gasteiger partial charge on any atom is 0.338 e. The van der Waals surface area contributed by atoms with Crippen LogP contribution in [0.2, 0.25) is 0 Å². The molecule has 98 valence electrons. The van der Waals surface area contributed by atoms with E-state index in [0.717, 1.165) is 12.8 Å². The molecular weight excluding hydrogens is 242 g/mol. The van der Waals surface area contributed by atoms with Gasteiger partial charge in [-0.05, 0) is 25.0 Å². The van der Waals surface area contributed by atoms with Crippen LogP contribution in [0.15, 0.2) is 30.3 Å².